The average molecular weight is 244 g/mol. The largest absolute Gasteiger partial charge is 0.480 e. The van der Waals surface area contributed by atoms with E-state index in [9.17, 15) is 9.59 Å². The maximum absolute atomic E-state index is 11.0. The lowest BCUT2D eigenvalue weighted by Crippen LogP contribution is -2.47. The third-order valence-corrected chi connectivity index (χ3v) is 2.89. The molecule has 0 aromatic heterocycles. The summed E-state index contributed by atoms with van der Waals surface area (Å²) >= 11 is 0. The van der Waals surface area contributed by atoms with Gasteiger partial charge in [0.2, 0.25) is 5.91 Å². The average Bonchev–Trinajstić information content (AvgIpc) is 2.64. The predicted molar refractivity (Wildman–Crippen MR) is 61.7 cm³/mol. The van der Waals surface area contributed by atoms with Crippen LogP contribution >= 0.6 is 0 Å². The van der Waals surface area contributed by atoms with Gasteiger partial charge < -0.3 is 20.1 Å². The second-order valence-corrected chi connectivity index (χ2v) is 4.46. The molecule has 1 aliphatic heterocycles. The Morgan fingerprint density at radius 2 is 2.29 bits per heavy atom. The van der Waals surface area contributed by atoms with Crippen LogP contribution in [0.3, 0.4) is 0 Å². The van der Waals surface area contributed by atoms with Gasteiger partial charge in [-0.15, -0.1) is 0 Å². The van der Waals surface area contributed by atoms with Gasteiger partial charge in [0.25, 0.3) is 0 Å². The van der Waals surface area contributed by atoms with Gasteiger partial charge in [-0.25, -0.2) is 4.79 Å². The summed E-state index contributed by atoms with van der Waals surface area (Å²) in [7, 11) is 1.67. The number of amides is 1. The Balaban J connectivity index is 2.41. The standard InChI is InChI=1S/C11H20N2O4/c1-8(14)12-10(11(15)16)6-13-4-3-9(5-13)7-17-2/h9-10H,3-7H2,1-2H3,(H,12,14)(H,15,16). The number of ether oxygens (including phenoxy) is 1. The molecule has 2 N–H and O–H groups in total. The van der Waals surface area contributed by atoms with E-state index in [0.29, 0.717) is 19.1 Å². The molecule has 1 amide bonds. The lowest BCUT2D eigenvalue weighted by Gasteiger charge is -2.21. The van der Waals surface area contributed by atoms with Crippen LogP contribution in [0.4, 0.5) is 0 Å². The van der Waals surface area contributed by atoms with Crippen LogP contribution in [-0.2, 0) is 14.3 Å². The Morgan fingerprint density at radius 1 is 1.59 bits per heavy atom. The first-order valence-electron chi connectivity index (χ1n) is 5.74. The fourth-order valence-electron chi connectivity index (χ4n) is 2.14. The number of carbonyl (C=O) groups is 2. The Bertz CT molecular complexity index is 283. The minimum atomic E-state index is -0.990. The van der Waals surface area contributed by atoms with Crippen molar-refractivity contribution in [3.63, 3.8) is 0 Å². The van der Waals surface area contributed by atoms with Crippen LogP contribution in [0.5, 0.6) is 0 Å². The highest BCUT2D eigenvalue weighted by Gasteiger charge is 2.27. The molecule has 6 nitrogen and oxygen atoms in total. The topological polar surface area (TPSA) is 78.9 Å². The molecule has 2 atom stereocenters. The van der Waals surface area contributed by atoms with Gasteiger partial charge in [-0.1, -0.05) is 0 Å². The van der Waals surface area contributed by atoms with E-state index < -0.39 is 12.0 Å². The number of carboxylic acid groups (broad SMARTS) is 1. The first-order valence-corrected chi connectivity index (χ1v) is 5.74. The van der Waals surface area contributed by atoms with Crippen LogP contribution in [0.1, 0.15) is 13.3 Å². The van der Waals surface area contributed by atoms with Crippen molar-refractivity contribution < 1.29 is 19.4 Å². The Labute approximate surface area is 101 Å². The van der Waals surface area contributed by atoms with Crippen LogP contribution < -0.4 is 5.32 Å². The summed E-state index contributed by atoms with van der Waals surface area (Å²) in [5, 5.41) is 11.4. The van der Waals surface area contributed by atoms with Crippen LogP contribution in [0, 0.1) is 5.92 Å². The van der Waals surface area contributed by atoms with E-state index in [4.69, 9.17) is 9.84 Å². The van der Waals surface area contributed by atoms with E-state index in [1.807, 2.05) is 0 Å². The fourth-order valence-corrected chi connectivity index (χ4v) is 2.14. The molecular weight excluding hydrogens is 224 g/mol. The number of nitrogens with one attached hydrogen (secondary N) is 1. The molecule has 0 aliphatic carbocycles. The second-order valence-electron chi connectivity index (χ2n) is 4.46. The molecule has 6 heteroatoms. The van der Waals surface area contributed by atoms with Crippen molar-refractivity contribution in [1.82, 2.24) is 10.2 Å². The molecule has 1 saturated heterocycles. The third-order valence-electron chi connectivity index (χ3n) is 2.89. The number of carbonyl (C=O) groups excluding carboxylic acids is 1. The molecule has 0 bridgehead atoms. The van der Waals surface area contributed by atoms with Gasteiger partial charge in [-0.3, -0.25) is 4.79 Å². The second kappa shape index (κ2) is 6.56. The molecule has 17 heavy (non-hydrogen) atoms. The van der Waals surface area contributed by atoms with Crippen molar-refractivity contribution in [3.05, 3.63) is 0 Å². The van der Waals surface area contributed by atoms with Gasteiger partial charge in [-0.2, -0.15) is 0 Å². The molecule has 0 aromatic carbocycles. The van der Waals surface area contributed by atoms with E-state index in [0.717, 1.165) is 19.5 Å². The van der Waals surface area contributed by atoms with Gasteiger partial charge in [0, 0.05) is 27.1 Å². The van der Waals surface area contributed by atoms with Crippen molar-refractivity contribution in [2.45, 2.75) is 19.4 Å². The van der Waals surface area contributed by atoms with Gasteiger partial charge in [-0.05, 0) is 18.9 Å². The first-order chi connectivity index (χ1) is 8.02. The zero-order valence-corrected chi connectivity index (χ0v) is 10.3. The van der Waals surface area contributed by atoms with E-state index in [1.54, 1.807) is 7.11 Å². The SMILES string of the molecule is COCC1CCN(CC(NC(C)=O)C(=O)O)C1. The molecule has 0 spiro atoms. The van der Waals surface area contributed by atoms with Crippen LogP contribution in [0.15, 0.2) is 0 Å². The highest BCUT2D eigenvalue weighted by molar-refractivity contribution is 5.82. The van der Waals surface area contributed by atoms with Crippen molar-refractivity contribution in [3.8, 4) is 0 Å². The molecule has 1 heterocycles. The minimum absolute atomic E-state index is 0.315. The van der Waals surface area contributed by atoms with Gasteiger partial charge in [0.05, 0.1) is 6.61 Å². The number of aliphatic carboxylic acids is 1. The van der Waals surface area contributed by atoms with E-state index in [-0.39, 0.29) is 5.91 Å². The number of carboxylic acids is 1. The predicted octanol–water partition coefficient (Wildman–Crippen LogP) is -0.456. The summed E-state index contributed by atoms with van der Waals surface area (Å²) in [6, 6.07) is -0.825. The molecule has 0 saturated carbocycles. The summed E-state index contributed by atoms with van der Waals surface area (Å²) in [6.45, 7) is 4.08. The number of likely N-dealkylation sites (tertiary alicyclic amines) is 1. The molecule has 1 fully saturated rings. The lowest BCUT2D eigenvalue weighted by molar-refractivity contribution is -0.142. The fraction of sp³-hybridized carbons (Fsp3) is 0.818. The first kappa shape index (κ1) is 13.9. The Morgan fingerprint density at radius 3 is 2.82 bits per heavy atom. The smallest absolute Gasteiger partial charge is 0.327 e. The van der Waals surface area contributed by atoms with Crippen molar-refractivity contribution in [2.24, 2.45) is 5.92 Å². The zero-order valence-electron chi connectivity index (χ0n) is 10.3. The molecule has 2 unspecified atom stereocenters. The molecule has 98 valence electrons. The summed E-state index contributed by atoms with van der Waals surface area (Å²) in [4.78, 5) is 23.9. The van der Waals surface area contributed by atoms with Crippen molar-refractivity contribution >= 4 is 11.9 Å². The minimum Gasteiger partial charge on any atom is -0.480 e. The molecule has 1 aliphatic rings. The van der Waals surface area contributed by atoms with Crippen molar-refractivity contribution in [1.29, 1.82) is 0 Å². The molecular formula is C11H20N2O4. The third kappa shape index (κ3) is 4.70. The van der Waals surface area contributed by atoms with Crippen LogP contribution in [0.25, 0.3) is 0 Å². The quantitative estimate of drug-likeness (QED) is 0.661. The lowest BCUT2D eigenvalue weighted by atomic mass is 10.1. The highest BCUT2D eigenvalue weighted by atomic mass is 16.5. The molecule has 0 radical (unpaired) electrons. The highest BCUT2D eigenvalue weighted by Crippen LogP contribution is 2.16. The normalized spacial score (nSPS) is 22.4. The zero-order chi connectivity index (χ0) is 12.8. The maximum Gasteiger partial charge on any atom is 0.327 e. The van der Waals surface area contributed by atoms with Gasteiger partial charge >= 0.3 is 5.97 Å². The Hall–Kier alpha value is -1.14. The van der Waals surface area contributed by atoms with E-state index in [1.165, 1.54) is 6.92 Å². The summed E-state index contributed by atoms with van der Waals surface area (Å²) in [6.07, 6.45) is 1.01. The van der Waals surface area contributed by atoms with E-state index >= 15 is 0 Å². The number of rotatable bonds is 6. The van der Waals surface area contributed by atoms with Crippen LogP contribution in [0.2, 0.25) is 0 Å². The summed E-state index contributed by atoms with van der Waals surface area (Å²) < 4.78 is 5.08. The van der Waals surface area contributed by atoms with Gasteiger partial charge in [0.15, 0.2) is 0 Å². The van der Waals surface area contributed by atoms with Crippen molar-refractivity contribution in [2.75, 3.05) is 33.4 Å². The monoisotopic (exact) mass is 244 g/mol. The summed E-state index contributed by atoms with van der Waals surface area (Å²) in [5.74, 6) is -0.841. The van der Waals surface area contributed by atoms with E-state index in [2.05, 4.69) is 10.2 Å². The number of hydrogen-bond acceptors (Lipinski definition) is 4. The Kier molecular flexibility index (Phi) is 5.37. The summed E-state index contributed by atoms with van der Waals surface area (Å²) in [5.41, 5.74) is 0. The number of nitrogens with zero attached hydrogens (tertiary/aromatic N) is 1. The number of methoxy groups -OCH3 is 1. The van der Waals surface area contributed by atoms with Gasteiger partial charge in [0.1, 0.15) is 6.04 Å². The van der Waals surface area contributed by atoms with Crippen LogP contribution in [-0.4, -0.2) is 61.3 Å². The maximum atomic E-state index is 11.0. The molecule has 1 rings (SSSR count). The molecule has 0 aromatic rings. The number of hydrogen-bond donors (Lipinski definition) is 2.